The number of aryl methyl sites for hydroxylation is 1. The number of ether oxygens (including phenoxy) is 1. The van der Waals surface area contributed by atoms with Gasteiger partial charge in [0, 0.05) is 38.3 Å². The van der Waals surface area contributed by atoms with E-state index in [0.717, 1.165) is 15.0 Å². The second-order valence-corrected chi connectivity index (χ2v) is 7.87. The van der Waals surface area contributed by atoms with Crippen LogP contribution in [-0.2, 0) is 23.6 Å². The largest absolute Gasteiger partial charge is 0.378 e. The molecule has 0 saturated carbocycles. The first-order chi connectivity index (χ1) is 12.8. The summed E-state index contributed by atoms with van der Waals surface area (Å²) in [6.45, 7) is 6.31. The number of hydrogen-bond donors (Lipinski definition) is 0. The van der Waals surface area contributed by atoms with E-state index in [9.17, 15) is 14.4 Å². The second kappa shape index (κ2) is 7.85. The number of thioether (sulfide) groups is 1. The van der Waals surface area contributed by atoms with Gasteiger partial charge < -0.3 is 9.64 Å². The van der Waals surface area contributed by atoms with Crippen LogP contribution in [0.2, 0.25) is 0 Å². The smallest absolute Gasteiger partial charge is 0.332 e. The predicted octanol–water partition coefficient (Wildman–Crippen LogP) is 0.706. The van der Waals surface area contributed by atoms with Crippen molar-refractivity contribution in [3.63, 3.8) is 0 Å². The fourth-order valence-electron chi connectivity index (χ4n) is 3.12. The van der Waals surface area contributed by atoms with Crippen molar-refractivity contribution in [2.75, 3.05) is 32.1 Å². The van der Waals surface area contributed by atoms with Crippen LogP contribution < -0.4 is 11.2 Å². The number of carbonyl (C=O) groups excluding carboxylic acids is 1. The Bertz CT molecular complexity index is 989. The first-order valence-corrected chi connectivity index (χ1v) is 9.88. The van der Waals surface area contributed by atoms with E-state index in [-0.39, 0.29) is 23.1 Å². The monoisotopic (exact) mass is 392 g/mol. The number of amides is 1. The number of carbonyl (C=O) groups is 1. The second-order valence-electron chi connectivity index (χ2n) is 6.88. The Morgan fingerprint density at radius 3 is 2.52 bits per heavy atom. The van der Waals surface area contributed by atoms with Crippen LogP contribution in [0.4, 0.5) is 0 Å². The number of morpholine rings is 1. The quantitative estimate of drug-likeness (QED) is 0.712. The zero-order valence-electron chi connectivity index (χ0n) is 16.0. The van der Waals surface area contributed by atoms with Gasteiger partial charge in [-0.1, -0.05) is 13.8 Å². The molecule has 0 radical (unpaired) electrons. The molecule has 1 aliphatic heterocycles. The van der Waals surface area contributed by atoms with E-state index in [4.69, 9.17) is 4.74 Å². The molecule has 1 amide bonds. The Balaban J connectivity index is 2.06. The van der Waals surface area contributed by atoms with Crippen molar-refractivity contribution < 1.29 is 9.53 Å². The van der Waals surface area contributed by atoms with Gasteiger partial charge in [-0.05, 0) is 11.5 Å². The Morgan fingerprint density at radius 1 is 1.22 bits per heavy atom. The minimum atomic E-state index is -0.419. The fourth-order valence-corrected chi connectivity index (χ4v) is 4.35. The molecule has 3 rings (SSSR count). The number of fused-ring (bicyclic) bond motifs is 1. The lowest BCUT2D eigenvalue weighted by Crippen LogP contribution is -2.41. The predicted molar refractivity (Wildman–Crippen MR) is 104 cm³/mol. The minimum Gasteiger partial charge on any atom is -0.378 e. The Hall–Kier alpha value is -2.13. The lowest BCUT2D eigenvalue weighted by atomic mass is 10.0. The van der Waals surface area contributed by atoms with Crippen LogP contribution in [0, 0.1) is 0 Å². The summed E-state index contributed by atoms with van der Waals surface area (Å²) in [6, 6.07) is 0. The van der Waals surface area contributed by atoms with E-state index < -0.39 is 5.69 Å². The summed E-state index contributed by atoms with van der Waals surface area (Å²) in [5.41, 5.74) is 0.439. The van der Waals surface area contributed by atoms with Gasteiger partial charge in [0.05, 0.1) is 24.4 Å². The van der Waals surface area contributed by atoms with E-state index in [1.54, 1.807) is 18.1 Å². The Kier molecular flexibility index (Phi) is 5.71. The molecule has 2 aromatic heterocycles. The molecule has 0 bridgehead atoms. The summed E-state index contributed by atoms with van der Waals surface area (Å²) in [7, 11) is 3.05. The van der Waals surface area contributed by atoms with Gasteiger partial charge in [0.2, 0.25) is 5.91 Å². The SMILES string of the molecule is CC(C)c1cnc2c(c1SCC(=O)N1CCOCC1)c(=O)n(C)c(=O)n2C. The van der Waals surface area contributed by atoms with Crippen LogP contribution in [-0.4, -0.2) is 57.0 Å². The van der Waals surface area contributed by atoms with Crippen LogP contribution in [0.3, 0.4) is 0 Å². The molecule has 0 N–H and O–H groups in total. The molecule has 146 valence electrons. The molecule has 1 fully saturated rings. The molecule has 0 atom stereocenters. The number of aromatic nitrogens is 3. The van der Waals surface area contributed by atoms with Crippen LogP contribution in [0.1, 0.15) is 25.3 Å². The van der Waals surface area contributed by atoms with Gasteiger partial charge in [0.1, 0.15) is 5.65 Å². The van der Waals surface area contributed by atoms with Gasteiger partial charge >= 0.3 is 5.69 Å². The summed E-state index contributed by atoms with van der Waals surface area (Å²) < 4.78 is 7.74. The third-order valence-corrected chi connectivity index (χ3v) is 5.89. The Morgan fingerprint density at radius 2 is 1.89 bits per heavy atom. The third kappa shape index (κ3) is 3.66. The standard InChI is InChI=1S/C18H24N4O4S/c1-11(2)12-9-19-16-14(17(24)21(4)18(25)20(16)3)15(12)27-10-13(23)22-5-7-26-8-6-22/h9,11H,5-8,10H2,1-4H3. The molecule has 0 unspecified atom stereocenters. The first-order valence-electron chi connectivity index (χ1n) is 8.89. The maximum Gasteiger partial charge on any atom is 0.332 e. The molecule has 0 aromatic carbocycles. The van der Waals surface area contributed by atoms with E-state index in [1.165, 1.54) is 23.4 Å². The van der Waals surface area contributed by atoms with Crippen molar-refractivity contribution in [2.24, 2.45) is 14.1 Å². The van der Waals surface area contributed by atoms with Crippen LogP contribution in [0.5, 0.6) is 0 Å². The molecule has 0 spiro atoms. The molecule has 1 saturated heterocycles. The van der Waals surface area contributed by atoms with Crippen LogP contribution >= 0.6 is 11.8 Å². The number of rotatable bonds is 4. The normalized spacial score (nSPS) is 14.9. The van der Waals surface area contributed by atoms with Crippen molar-refractivity contribution in [1.29, 1.82) is 0 Å². The lowest BCUT2D eigenvalue weighted by molar-refractivity contribution is -0.132. The van der Waals surface area contributed by atoms with Gasteiger partial charge in [-0.25, -0.2) is 9.78 Å². The summed E-state index contributed by atoms with van der Waals surface area (Å²) in [5.74, 6) is 0.375. The highest BCUT2D eigenvalue weighted by atomic mass is 32.2. The van der Waals surface area contributed by atoms with Gasteiger partial charge in [0.25, 0.3) is 5.56 Å². The first kappa shape index (κ1) is 19.6. The van der Waals surface area contributed by atoms with E-state index >= 15 is 0 Å². The molecule has 8 nitrogen and oxygen atoms in total. The molecular formula is C18H24N4O4S. The van der Waals surface area contributed by atoms with Crippen molar-refractivity contribution in [1.82, 2.24) is 19.0 Å². The summed E-state index contributed by atoms with van der Waals surface area (Å²) in [6.07, 6.45) is 1.70. The van der Waals surface area contributed by atoms with Gasteiger partial charge in [-0.15, -0.1) is 11.8 Å². The summed E-state index contributed by atoms with van der Waals surface area (Å²) in [5, 5.41) is 0.394. The molecule has 27 heavy (non-hydrogen) atoms. The molecular weight excluding hydrogens is 368 g/mol. The number of nitrogens with zero attached hydrogens (tertiary/aromatic N) is 4. The van der Waals surface area contributed by atoms with Crippen LogP contribution in [0.15, 0.2) is 20.7 Å². The van der Waals surface area contributed by atoms with Gasteiger partial charge in [-0.3, -0.25) is 18.7 Å². The average molecular weight is 392 g/mol. The lowest BCUT2D eigenvalue weighted by Gasteiger charge is -2.27. The Labute approximate surface area is 161 Å². The highest BCUT2D eigenvalue weighted by molar-refractivity contribution is 8.00. The van der Waals surface area contributed by atoms with Crippen molar-refractivity contribution >= 4 is 28.7 Å². The summed E-state index contributed by atoms with van der Waals surface area (Å²) in [4.78, 5) is 44.5. The molecule has 0 aliphatic carbocycles. The van der Waals surface area contributed by atoms with E-state index in [0.29, 0.717) is 37.3 Å². The van der Waals surface area contributed by atoms with E-state index in [1.807, 2.05) is 13.8 Å². The van der Waals surface area contributed by atoms with Crippen molar-refractivity contribution in [3.8, 4) is 0 Å². The fraction of sp³-hybridized carbons (Fsp3) is 0.556. The van der Waals surface area contributed by atoms with Crippen molar-refractivity contribution in [2.45, 2.75) is 24.7 Å². The molecule has 9 heteroatoms. The summed E-state index contributed by atoms with van der Waals surface area (Å²) >= 11 is 1.34. The van der Waals surface area contributed by atoms with E-state index in [2.05, 4.69) is 4.98 Å². The third-order valence-electron chi connectivity index (χ3n) is 4.77. The van der Waals surface area contributed by atoms with Crippen molar-refractivity contribution in [3.05, 3.63) is 32.6 Å². The minimum absolute atomic E-state index is 0.0182. The number of pyridine rings is 1. The number of hydrogen-bond acceptors (Lipinski definition) is 6. The highest BCUT2D eigenvalue weighted by Gasteiger charge is 2.22. The topological polar surface area (TPSA) is 86.4 Å². The zero-order chi connectivity index (χ0) is 19.7. The van der Waals surface area contributed by atoms with Gasteiger partial charge in [0.15, 0.2) is 0 Å². The highest BCUT2D eigenvalue weighted by Crippen LogP contribution is 2.32. The maximum atomic E-state index is 12.8. The zero-order valence-corrected chi connectivity index (χ0v) is 16.8. The van der Waals surface area contributed by atoms with Crippen LogP contribution in [0.25, 0.3) is 11.0 Å². The molecule has 3 heterocycles. The van der Waals surface area contributed by atoms with Gasteiger partial charge in [-0.2, -0.15) is 0 Å². The average Bonchev–Trinajstić information content (AvgIpc) is 2.68. The molecule has 1 aliphatic rings. The maximum absolute atomic E-state index is 12.8. The molecule has 2 aromatic rings.